The summed E-state index contributed by atoms with van der Waals surface area (Å²) < 4.78 is 10.6. The molecule has 0 bridgehead atoms. The van der Waals surface area contributed by atoms with Gasteiger partial charge in [-0.15, -0.1) is 0 Å². The summed E-state index contributed by atoms with van der Waals surface area (Å²) in [6.07, 6.45) is 1.47. The van der Waals surface area contributed by atoms with Crippen LogP contribution in [0.4, 0.5) is 11.4 Å². The lowest BCUT2D eigenvalue weighted by molar-refractivity contribution is -0.119. The Morgan fingerprint density at radius 3 is 2.34 bits per heavy atom. The fourth-order valence-corrected chi connectivity index (χ4v) is 3.00. The molecule has 2 amide bonds. The van der Waals surface area contributed by atoms with Crippen LogP contribution in [0.25, 0.3) is 0 Å². The number of rotatable bonds is 7. The van der Waals surface area contributed by atoms with Crippen molar-refractivity contribution in [2.75, 3.05) is 23.4 Å². The molecule has 1 heterocycles. The first-order valence-electron chi connectivity index (χ1n) is 9.56. The summed E-state index contributed by atoms with van der Waals surface area (Å²) >= 11 is 0. The van der Waals surface area contributed by atoms with E-state index in [1.165, 1.54) is 0 Å². The standard InChI is InChI=1S/C22H24N2O5/c1-15(2)29-19-11-5-16(6-12-19)22(27)28-14-20(25)23-17-7-9-18(10-8-17)24-13-3-4-21(24)26/h5-12,15H,3-4,13-14H2,1-2H3,(H,23,25). The maximum atomic E-state index is 12.1. The van der Waals surface area contributed by atoms with Gasteiger partial charge in [0.1, 0.15) is 5.75 Å². The van der Waals surface area contributed by atoms with Gasteiger partial charge in [0.15, 0.2) is 6.61 Å². The van der Waals surface area contributed by atoms with Crippen LogP contribution in [-0.4, -0.2) is 37.0 Å². The summed E-state index contributed by atoms with van der Waals surface area (Å²) in [6.45, 7) is 4.15. The molecule has 1 fully saturated rings. The third-order valence-corrected chi connectivity index (χ3v) is 4.33. The Labute approximate surface area is 169 Å². The molecule has 0 saturated carbocycles. The van der Waals surface area contributed by atoms with E-state index < -0.39 is 18.5 Å². The van der Waals surface area contributed by atoms with Gasteiger partial charge in [-0.1, -0.05) is 0 Å². The van der Waals surface area contributed by atoms with Crippen molar-refractivity contribution < 1.29 is 23.9 Å². The zero-order chi connectivity index (χ0) is 20.8. The van der Waals surface area contributed by atoms with Gasteiger partial charge in [0.05, 0.1) is 11.7 Å². The second-order valence-electron chi connectivity index (χ2n) is 7.01. The molecular weight excluding hydrogens is 372 g/mol. The van der Waals surface area contributed by atoms with Crippen molar-refractivity contribution in [3.05, 3.63) is 54.1 Å². The summed E-state index contributed by atoms with van der Waals surface area (Å²) in [5, 5.41) is 2.67. The van der Waals surface area contributed by atoms with Gasteiger partial charge in [0.25, 0.3) is 5.91 Å². The van der Waals surface area contributed by atoms with E-state index in [0.29, 0.717) is 30.0 Å². The van der Waals surface area contributed by atoms with Gasteiger partial charge in [-0.25, -0.2) is 4.79 Å². The number of esters is 1. The van der Waals surface area contributed by atoms with E-state index in [9.17, 15) is 14.4 Å². The number of nitrogens with zero attached hydrogens (tertiary/aromatic N) is 1. The third-order valence-electron chi connectivity index (χ3n) is 4.33. The molecule has 2 aromatic rings. The molecule has 0 spiro atoms. The monoisotopic (exact) mass is 396 g/mol. The number of nitrogens with one attached hydrogen (secondary N) is 1. The Balaban J connectivity index is 1.48. The third kappa shape index (κ3) is 5.57. The topological polar surface area (TPSA) is 84.9 Å². The molecule has 2 aromatic carbocycles. The van der Waals surface area contributed by atoms with Crippen LogP contribution in [0.5, 0.6) is 5.75 Å². The summed E-state index contributed by atoms with van der Waals surface area (Å²) in [5.41, 5.74) is 1.71. The van der Waals surface area contributed by atoms with Gasteiger partial charge in [0, 0.05) is 24.3 Å². The molecule has 0 unspecified atom stereocenters. The minimum Gasteiger partial charge on any atom is -0.491 e. The van der Waals surface area contributed by atoms with E-state index in [2.05, 4.69) is 5.32 Å². The van der Waals surface area contributed by atoms with Crippen molar-refractivity contribution in [3.63, 3.8) is 0 Å². The Kier molecular flexibility index (Phi) is 6.49. The highest BCUT2D eigenvalue weighted by Gasteiger charge is 2.21. The number of ether oxygens (including phenoxy) is 2. The number of carbonyl (C=O) groups is 3. The Bertz CT molecular complexity index is 875. The highest BCUT2D eigenvalue weighted by molar-refractivity contribution is 5.97. The largest absolute Gasteiger partial charge is 0.491 e. The predicted molar refractivity (Wildman–Crippen MR) is 109 cm³/mol. The lowest BCUT2D eigenvalue weighted by atomic mass is 10.2. The lowest BCUT2D eigenvalue weighted by Gasteiger charge is -2.16. The molecule has 3 rings (SSSR count). The average molecular weight is 396 g/mol. The maximum absolute atomic E-state index is 12.1. The van der Waals surface area contributed by atoms with Crippen LogP contribution in [0.15, 0.2) is 48.5 Å². The van der Waals surface area contributed by atoms with Crippen LogP contribution in [0.2, 0.25) is 0 Å². The van der Waals surface area contributed by atoms with Crippen LogP contribution in [0, 0.1) is 0 Å². The number of anilines is 2. The van der Waals surface area contributed by atoms with Crippen LogP contribution in [-0.2, 0) is 14.3 Å². The fraction of sp³-hybridized carbons (Fsp3) is 0.318. The molecule has 7 heteroatoms. The quantitative estimate of drug-likeness (QED) is 0.725. The van der Waals surface area contributed by atoms with Gasteiger partial charge in [0.2, 0.25) is 5.91 Å². The molecule has 1 aliphatic rings. The number of hydrogen-bond acceptors (Lipinski definition) is 5. The molecule has 0 aromatic heterocycles. The van der Waals surface area contributed by atoms with E-state index >= 15 is 0 Å². The zero-order valence-electron chi connectivity index (χ0n) is 16.5. The highest BCUT2D eigenvalue weighted by Crippen LogP contribution is 2.23. The Morgan fingerprint density at radius 2 is 1.76 bits per heavy atom. The summed E-state index contributed by atoms with van der Waals surface area (Å²) in [7, 11) is 0. The van der Waals surface area contributed by atoms with Gasteiger partial charge >= 0.3 is 5.97 Å². The van der Waals surface area contributed by atoms with Gasteiger partial charge in [-0.2, -0.15) is 0 Å². The number of hydrogen-bond donors (Lipinski definition) is 1. The van der Waals surface area contributed by atoms with Crippen molar-refractivity contribution >= 4 is 29.2 Å². The Morgan fingerprint density at radius 1 is 1.07 bits per heavy atom. The van der Waals surface area contributed by atoms with Crippen molar-refractivity contribution in [2.45, 2.75) is 32.8 Å². The van der Waals surface area contributed by atoms with E-state index in [0.717, 1.165) is 12.1 Å². The zero-order valence-corrected chi connectivity index (χ0v) is 16.5. The van der Waals surface area contributed by atoms with Crippen molar-refractivity contribution in [2.24, 2.45) is 0 Å². The summed E-state index contributed by atoms with van der Waals surface area (Å²) in [4.78, 5) is 37.6. The molecule has 152 valence electrons. The molecule has 29 heavy (non-hydrogen) atoms. The van der Waals surface area contributed by atoms with Crippen LogP contribution in [0.3, 0.4) is 0 Å². The smallest absolute Gasteiger partial charge is 0.338 e. The normalized spacial score (nSPS) is 13.5. The van der Waals surface area contributed by atoms with E-state index in [1.54, 1.807) is 53.4 Å². The maximum Gasteiger partial charge on any atom is 0.338 e. The average Bonchev–Trinajstić information content (AvgIpc) is 3.13. The molecule has 1 saturated heterocycles. The van der Waals surface area contributed by atoms with Crippen molar-refractivity contribution in [3.8, 4) is 5.75 Å². The second-order valence-corrected chi connectivity index (χ2v) is 7.01. The first kappa shape index (κ1) is 20.4. The molecule has 7 nitrogen and oxygen atoms in total. The van der Waals surface area contributed by atoms with Crippen LogP contribution in [0.1, 0.15) is 37.0 Å². The predicted octanol–water partition coefficient (Wildman–Crippen LogP) is 3.40. The molecule has 0 radical (unpaired) electrons. The molecule has 0 atom stereocenters. The van der Waals surface area contributed by atoms with Crippen molar-refractivity contribution in [1.29, 1.82) is 0 Å². The van der Waals surface area contributed by atoms with Crippen LogP contribution >= 0.6 is 0 Å². The highest BCUT2D eigenvalue weighted by atomic mass is 16.5. The van der Waals surface area contributed by atoms with Crippen LogP contribution < -0.4 is 15.0 Å². The van der Waals surface area contributed by atoms with E-state index in [1.807, 2.05) is 13.8 Å². The number of carbonyl (C=O) groups excluding carboxylic acids is 3. The fourth-order valence-electron chi connectivity index (χ4n) is 3.00. The number of amides is 2. The first-order chi connectivity index (χ1) is 13.9. The van der Waals surface area contributed by atoms with Gasteiger partial charge < -0.3 is 19.7 Å². The molecule has 1 aliphatic heterocycles. The summed E-state index contributed by atoms with van der Waals surface area (Å²) in [6, 6.07) is 13.6. The first-order valence-corrected chi connectivity index (χ1v) is 9.56. The number of benzene rings is 2. The van der Waals surface area contributed by atoms with E-state index in [-0.39, 0.29) is 12.0 Å². The molecule has 0 aliphatic carbocycles. The molecular formula is C22H24N2O5. The molecule has 1 N–H and O–H groups in total. The summed E-state index contributed by atoms with van der Waals surface area (Å²) in [5.74, 6) is -0.256. The van der Waals surface area contributed by atoms with E-state index in [4.69, 9.17) is 9.47 Å². The second kappa shape index (κ2) is 9.23. The van der Waals surface area contributed by atoms with Gasteiger partial charge in [-0.05, 0) is 68.8 Å². The minimum absolute atomic E-state index is 0.0430. The lowest BCUT2D eigenvalue weighted by Crippen LogP contribution is -2.23. The Hall–Kier alpha value is -3.35. The van der Waals surface area contributed by atoms with Crippen molar-refractivity contribution in [1.82, 2.24) is 0 Å². The van der Waals surface area contributed by atoms with Gasteiger partial charge in [-0.3, -0.25) is 9.59 Å². The minimum atomic E-state index is -0.584. The SMILES string of the molecule is CC(C)Oc1ccc(C(=O)OCC(=O)Nc2ccc(N3CCCC3=O)cc2)cc1.